The van der Waals surface area contributed by atoms with Crippen molar-refractivity contribution in [1.29, 1.82) is 0 Å². The van der Waals surface area contributed by atoms with Crippen molar-refractivity contribution < 1.29 is 14.1 Å². The van der Waals surface area contributed by atoms with E-state index in [1.54, 1.807) is 0 Å². The number of rotatable bonds is 2. The third kappa shape index (κ3) is 1.64. The Morgan fingerprint density at radius 3 is 3.09 bits per heavy atom. The van der Waals surface area contributed by atoms with E-state index >= 15 is 0 Å². The van der Waals surface area contributed by atoms with E-state index in [1.807, 2.05) is 18.3 Å². The lowest BCUT2D eigenvalue weighted by Gasteiger charge is -2.25. The van der Waals surface area contributed by atoms with Gasteiger partial charge in [0.1, 0.15) is 4.70 Å². The first kappa shape index (κ1) is 13.4. The van der Waals surface area contributed by atoms with Gasteiger partial charge < -0.3 is 4.74 Å². The lowest BCUT2D eigenvalue weighted by Crippen LogP contribution is -2.46. The van der Waals surface area contributed by atoms with Gasteiger partial charge in [-0.15, -0.1) is 0 Å². The molecule has 5 atom stereocenters. The van der Waals surface area contributed by atoms with E-state index in [-0.39, 0.29) is 11.9 Å². The van der Waals surface area contributed by atoms with Gasteiger partial charge in [-0.2, -0.15) is 4.57 Å². The first-order valence-corrected chi connectivity index (χ1v) is 9.74. The van der Waals surface area contributed by atoms with Crippen LogP contribution >= 0.6 is 23.1 Å². The number of para-hydroxylation sites is 1. The highest BCUT2D eigenvalue weighted by Crippen LogP contribution is 2.61. The number of aromatic nitrogens is 1. The van der Waals surface area contributed by atoms with E-state index in [4.69, 9.17) is 4.74 Å². The van der Waals surface area contributed by atoms with E-state index in [1.165, 1.54) is 21.0 Å². The third-order valence-corrected chi connectivity index (χ3v) is 8.34. The van der Waals surface area contributed by atoms with Gasteiger partial charge in [-0.25, -0.2) is 0 Å². The highest BCUT2D eigenvalue weighted by molar-refractivity contribution is 8.01. The molecule has 5 rings (SSSR count). The van der Waals surface area contributed by atoms with Crippen molar-refractivity contribution in [2.75, 3.05) is 6.61 Å². The second-order valence-corrected chi connectivity index (χ2v) is 8.99. The second-order valence-electron chi connectivity index (χ2n) is 6.53. The predicted molar refractivity (Wildman–Crippen MR) is 87.0 cm³/mol. The van der Waals surface area contributed by atoms with E-state index < -0.39 is 0 Å². The fourth-order valence-corrected chi connectivity index (χ4v) is 7.93. The minimum atomic E-state index is 0.0343. The molecule has 0 spiro atoms. The fourth-order valence-electron chi connectivity index (χ4n) is 4.77. The largest absolute Gasteiger partial charge is 0.466 e. The minimum Gasteiger partial charge on any atom is -0.466 e. The maximum Gasteiger partial charge on any atom is 0.309 e. The quantitative estimate of drug-likeness (QED) is 0.623. The summed E-state index contributed by atoms with van der Waals surface area (Å²) in [6, 6.07) is 9.15. The summed E-state index contributed by atoms with van der Waals surface area (Å²) < 4.78 is 10.7. The summed E-state index contributed by atoms with van der Waals surface area (Å²) in [7, 11) is 0. The van der Waals surface area contributed by atoms with Gasteiger partial charge in [-0.1, -0.05) is 23.5 Å². The number of ether oxygens (including phenoxy) is 1. The third-order valence-electron chi connectivity index (χ3n) is 5.53. The Morgan fingerprint density at radius 1 is 1.36 bits per heavy atom. The Kier molecular flexibility index (Phi) is 2.87. The minimum absolute atomic E-state index is 0.0343. The van der Waals surface area contributed by atoms with Crippen molar-refractivity contribution in [3.63, 3.8) is 0 Å². The van der Waals surface area contributed by atoms with Gasteiger partial charge in [0.25, 0.3) is 4.34 Å². The molecule has 0 radical (unpaired) electrons. The van der Waals surface area contributed by atoms with Crippen molar-refractivity contribution in [2.24, 2.45) is 17.8 Å². The molecule has 3 aliphatic rings. The van der Waals surface area contributed by atoms with Crippen molar-refractivity contribution in [1.82, 2.24) is 0 Å². The predicted octanol–water partition coefficient (Wildman–Crippen LogP) is 3.42. The standard InChI is InChI=1S/C17H18NO2S2/c1-2-20-16(19)11-8-9-7-10(11)14-15(9)22-17-18(14)12-5-3-4-6-13(12)21-17/h3-6,9-11,14-15H,2,7-8H2,1H3/q+1/t9-,10+,11+,14-,15-/m1/s1. The number of carbonyl (C=O) groups excluding carboxylic acids is 1. The second kappa shape index (κ2) is 4.71. The van der Waals surface area contributed by atoms with Crippen LogP contribution in [0.15, 0.2) is 28.6 Å². The average Bonchev–Trinajstić information content (AvgIpc) is 3.23. The zero-order valence-corrected chi connectivity index (χ0v) is 14.0. The molecule has 0 saturated heterocycles. The summed E-state index contributed by atoms with van der Waals surface area (Å²) >= 11 is 3.96. The van der Waals surface area contributed by atoms with Crippen LogP contribution in [0.5, 0.6) is 0 Å². The summed E-state index contributed by atoms with van der Waals surface area (Å²) in [4.78, 5) is 12.3. The molecule has 0 N–H and O–H groups in total. The number of thiazole rings is 1. The number of nitrogens with zero attached hydrogens (tertiary/aromatic N) is 1. The molecule has 2 aromatic rings. The maximum absolute atomic E-state index is 12.3. The van der Waals surface area contributed by atoms with Gasteiger partial charge in [0.05, 0.1) is 17.8 Å². The molecule has 114 valence electrons. The number of hydrogen-bond donors (Lipinski definition) is 0. The average molecular weight is 332 g/mol. The van der Waals surface area contributed by atoms with Gasteiger partial charge in [0.15, 0.2) is 6.04 Å². The summed E-state index contributed by atoms with van der Waals surface area (Å²) in [6.45, 7) is 2.40. The van der Waals surface area contributed by atoms with Gasteiger partial charge >= 0.3 is 5.97 Å². The lowest BCUT2D eigenvalue weighted by molar-refractivity contribution is -0.727. The zero-order chi connectivity index (χ0) is 14.8. The first-order valence-electron chi connectivity index (χ1n) is 8.04. The molecule has 2 fully saturated rings. The molecule has 0 unspecified atom stereocenters. The number of fused-ring (bicyclic) bond motifs is 9. The van der Waals surface area contributed by atoms with Crippen LogP contribution in [0.2, 0.25) is 0 Å². The lowest BCUT2D eigenvalue weighted by atomic mass is 9.84. The van der Waals surface area contributed by atoms with E-state index in [9.17, 15) is 4.79 Å². The fraction of sp³-hybridized carbons (Fsp3) is 0.529. The number of esters is 1. The van der Waals surface area contributed by atoms with Crippen LogP contribution in [0.3, 0.4) is 0 Å². The van der Waals surface area contributed by atoms with E-state index in [2.05, 4.69) is 40.6 Å². The normalized spacial score (nSPS) is 34.9. The SMILES string of the molecule is CCOC(=O)[C@H]1C[C@H]2C[C@@H]1[C@@H]1[C@@H]2Sc2sc3ccccc3[n+]21. The van der Waals surface area contributed by atoms with E-state index in [0.717, 1.165) is 6.42 Å². The number of thioether (sulfide) groups is 1. The molecule has 22 heavy (non-hydrogen) atoms. The molecule has 2 aliphatic carbocycles. The van der Waals surface area contributed by atoms with Gasteiger partial charge in [-0.05, 0) is 43.5 Å². The van der Waals surface area contributed by atoms with Crippen molar-refractivity contribution >= 4 is 39.3 Å². The Bertz CT molecular complexity index is 771. The molecule has 1 aliphatic heterocycles. The van der Waals surface area contributed by atoms with Crippen molar-refractivity contribution in [2.45, 2.75) is 35.4 Å². The molecule has 2 bridgehead atoms. The highest BCUT2D eigenvalue weighted by atomic mass is 32.2. The molecule has 3 nitrogen and oxygen atoms in total. The van der Waals surface area contributed by atoms with Crippen LogP contribution in [-0.2, 0) is 9.53 Å². The number of hydrogen-bond acceptors (Lipinski definition) is 4. The monoisotopic (exact) mass is 332 g/mol. The Labute approximate surface area is 137 Å². The summed E-state index contributed by atoms with van der Waals surface area (Å²) in [6.07, 6.45) is 2.23. The first-order chi connectivity index (χ1) is 10.8. The van der Waals surface area contributed by atoms with E-state index in [0.29, 0.717) is 29.7 Å². The Morgan fingerprint density at radius 2 is 2.23 bits per heavy atom. The topological polar surface area (TPSA) is 30.2 Å². The molecule has 0 amide bonds. The van der Waals surface area contributed by atoms with Crippen LogP contribution in [0.4, 0.5) is 0 Å². The number of benzene rings is 1. The molecule has 2 saturated carbocycles. The Balaban J connectivity index is 1.57. The molecular weight excluding hydrogens is 314 g/mol. The Hall–Kier alpha value is -1.07. The van der Waals surface area contributed by atoms with Crippen LogP contribution in [0.1, 0.15) is 25.8 Å². The zero-order valence-electron chi connectivity index (χ0n) is 12.4. The summed E-state index contributed by atoms with van der Waals surface area (Å²) in [5, 5.41) is 0.673. The van der Waals surface area contributed by atoms with Crippen LogP contribution in [0.25, 0.3) is 10.2 Å². The highest BCUT2D eigenvalue weighted by Gasteiger charge is 2.64. The van der Waals surface area contributed by atoms with Gasteiger partial charge in [0.2, 0.25) is 5.52 Å². The van der Waals surface area contributed by atoms with Crippen LogP contribution < -0.4 is 4.57 Å². The molecule has 1 aromatic heterocycles. The number of carbonyl (C=O) groups is 1. The molecule has 1 aromatic carbocycles. The van der Waals surface area contributed by atoms with Crippen LogP contribution in [-0.4, -0.2) is 17.8 Å². The smallest absolute Gasteiger partial charge is 0.309 e. The van der Waals surface area contributed by atoms with Gasteiger partial charge in [-0.3, -0.25) is 4.79 Å². The van der Waals surface area contributed by atoms with Crippen molar-refractivity contribution in [3.05, 3.63) is 24.3 Å². The maximum atomic E-state index is 12.3. The van der Waals surface area contributed by atoms with Crippen LogP contribution in [0, 0.1) is 17.8 Å². The molecule has 5 heteroatoms. The van der Waals surface area contributed by atoms with Gasteiger partial charge in [0, 0.05) is 12.0 Å². The summed E-state index contributed by atoms with van der Waals surface area (Å²) in [5.41, 5.74) is 1.35. The molecule has 2 heterocycles. The van der Waals surface area contributed by atoms with Crippen molar-refractivity contribution in [3.8, 4) is 0 Å². The summed E-state index contributed by atoms with van der Waals surface area (Å²) in [5.74, 6) is 1.29. The molecular formula is C17H18NO2S2+.